The molecule has 0 amide bonds. The maximum atomic E-state index is 10.9. The second-order valence-electron chi connectivity index (χ2n) is 8.67. The van der Waals surface area contributed by atoms with Gasteiger partial charge < -0.3 is 72.5 Å². The summed E-state index contributed by atoms with van der Waals surface area (Å²) in [6.45, 7) is -0.615. The molecule has 3 fully saturated rings. The molecule has 1 saturated carbocycles. The summed E-state index contributed by atoms with van der Waals surface area (Å²) >= 11 is 0. The first kappa shape index (κ1) is 26.1. The molecule has 32 heavy (non-hydrogen) atoms. The molecule has 14 atom stereocenters. The third-order valence-electron chi connectivity index (χ3n) is 6.37. The summed E-state index contributed by atoms with van der Waals surface area (Å²) in [5.74, 6) is 0. The van der Waals surface area contributed by atoms with E-state index in [1.165, 1.54) is 0 Å². The average molecular weight is 469 g/mol. The standard InChI is InChI=1S/C18H36N4O10/c19-3-8-12(25)7(24)2-10(29-8)31-16-5(20)1-6(21)17(15(16)28)32-18-14(27)11(22)13(26)9(4-23)30-18/h5-18,23-28H,1-4,19-22H2/t5-,6+,7+,8+,9+,10?,11-,12-,13+,14+,15-,16+,17-,18+/m0/s1. The van der Waals surface area contributed by atoms with Gasteiger partial charge in [0.25, 0.3) is 0 Å². The first-order valence-electron chi connectivity index (χ1n) is 10.7. The van der Waals surface area contributed by atoms with Gasteiger partial charge in [-0.1, -0.05) is 0 Å². The molecule has 1 unspecified atom stereocenters. The smallest absolute Gasteiger partial charge is 0.186 e. The van der Waals surface area contributed by atoms with Crippen molar-refractivity contribution in [1.82, 2.24) is 0 Å². The normalized spacial score (nSPS) is 52.7. The van der Waals surface area contributed by atoms with Crippen molar-refractivity contribution in [2.24, 2.45) is 22.9 Å². The van der Waals surface area contributed by atoms with Crippen LogP contribution in [0.1, 0.15) is 12.8 Å². The zero-order valence-electron chi connectivity index (χ0n) is 17.5. The predicted molar refractivity (Wildman–Crippen MR) is 106 cm³/mol. The molecule has 0 spiro atoms. The van der Waals surface area contributed by atoms with Gasteiger partial charge in [0.15, 0.2) is 12.6 Å². The number of rotatable bonds is 6. The van der Waals surface area contributed by atoms with Gasteiger partial charge in [0.05, 0.1) is 18.8 Å². The topological polar surface area (TPSA) is 262 Å². The molecule has 0 bridgehead atoms. The summed E-state index contributed by atoms with van der Waals surface area (Å²) in [6.07, 6.45) is -12.8. The lowest BCUT2D eigenvalue weighted by molar-refractivity contribution is -0.316. The number of nitrogens with two attached hydrogens (primary N) is 4. The monoisotopic (exact) mass is 468 g/mol. The number of hydrogen-bond acceptors (Lipinski definition) is 14. The van der Waals surface area contributed by atoms with Crippen molar-refractivity contribution >= 4 is 0 Å². The zero-order chi connectivity index (χ0) is 23.7. The quantitative estimate of drug-likeness (QED) is 0.174. The number of aliphatic hydroxyl groups is 6. The molecule has 14 N–H and O–H groups in total. The second-order valence-corrected chi connectivity index (χ2v) is 8.67. The Hall–Kier alpha value is -0.560. The lowest BCUT2D eigenvalue weighted by Gasteiger charge is -2.47. The lowest BCUT2D eigenvalue weighted by Crippen LogP contribution is -2.67. The highest BCUT2D eigenvalue weighted by atomic mass is 16.7. The van der Waals surface area contributed by atoms with E-state index < -0.39 is 92.2 Å². The third kappa shape index (κ3) is 5.24. The molecule has 3 rings (SSSR count). The van der Waals surface area contributed by atoms with Gasteiger partial charge in [0.2, 0.25) is 0 Å². The van der Waals surface area contributed by atoms with Crippen LogP contribution in [0.15, 0.2) is 0 Å². The maximum Gasteiger partial charge on any atom is 0.186 e. The van der Waals surface area contributed by atoms with Crippen LogP contribution in [-0.4, -0.2) is 129 Å². The fraction of sp³-hybridized carbons (Fsp3) is 1.00. The molecule has 0 aromatic carbocycles. The minimum atomic E-state index is -1.45. The fourth-order valence-corrected chi connectivity index (χ4v) is 4.40. The van der Waals surface area contributed by atoms with Crippen LogP contribution in [0.2, 0.25) is 0 Å². The second kappa shape index (κ2) is 10.8. The molecule has 0 radical (unpaired) electrons. The van der Waals surface area contributed by atoms with Crippen LogP contribution in [0.5, 0.6) is 0 Å². The Kier molecular flexibility index (Phi) is 8.79. The van der Waals surface area contributed by atoms with Crippen LogP contribution in [-0.2, 0) is 18.9 Å². The van der Waals surface area contributed by atoms with Crippen LogP contribution in [0.25, 0.3) is 0 Å². The molecular weight excluding hydrogens is 432 g/mol. The summed E-state index contributed by atoms with van der Waals surface area (Å²) in [7, 11) is 0. The minimum absolute atomic E-state index is 0.0526. The molecule has 1 aliphatic carbocycles. The lowest BCUT2D eigenvalue weighted by atomic mass is 9.84. The molecule has 2 heterocycles. The Morgan fingerprint density at radius 1 is 0.750 bits per heavy atom. The molecule has 3 aliphatic rings. The van der Waals surface area contributed by atoms with Gasteiger partial charge >= 0.3 is 0 Å². The maximum absolute atomic E-state index is 10.9. The molecule has 14 heteroatoms. The van der Waals surface area contributed by atoms with Crippen LogP contribution in [0, 0.1) is 0 Å². The van der Waals surface area contributed by atoms with E-state index in [-0.39, 0.29) is 19.4 Å². The Bertz CT molecular complexity index is 606. The molecule has 0 aromatic heterocycles. The molecule has 188 valence electrons. The van der Waals surface area contributed by atoms with Gasteiger partial charge in [0, 0.05) is 25.0 Å². The Labute approximate surface area is 185 Å². The van der Waals surface area contributed by atoms with Gasteiger partial charge in [-0.3, -0.25) is 0 Å². The van der Waals surface area contributed by atoms with Crippen LogP contribution >= 0.6 is 0 Å². The first-order valence-corrected chi connectivity index (χ1v) is 10.7. The van der Waals surface area contributed by atoms with Gasteiger partial charge in [-0.25, -0.2) is 0 Å². The molecule has 0 aromatic rings. The molecule has 2 saturated heterocycles. The van der Waals surface area contributed by atoms with E-state index in [0.717, 1.165) is 0 Å². The Morgan fingerprint density at radius 3 is 1.97 bits per heavy atom. The van der Waals surface area contributed by atoms with E-state index in [1.807, 2.05) is 0 Å². The summed E-state index contributed by atoms with van der Waals surface area (Å²) in [5, 5.41) is 60.6. The van der Waals surface area contributed by atoms with E-state index in [9.17, 15) is 30.6 Å². The van der Waals surface area contributed by atoms with Crippen molar-refractivity contribution < 1.29 is 49.6 Å². The third-order valence-corrected chi connectivity index (χ3v) is 6.37. The van der Waals surface area contributed by atoms with E-state index >= 15 is 0 Å². The van der Waals surface area contributed by atoms with E-state index in [4.69, 9.17) is 41.9 Å². The van der Waals surface area contributed by atoms with Gasteiger partial charge in [-0.2, -0.15) is 0 Å². The summed E-state index contributed by atoms with van der Waals surface area (Å²) in [6, 6.07) is -2.63. The molecule has 2 aliphatic heterocycles. The largest absolute Gasteiger partial charge is 0.394 e. The van der Waals surface area contributed by atoms with Crippen molar-refractivity contribution in [1.29, 1.82) is 0 Å². The highest BCUT2D eigenvalue weighted by Gasteiger charge is 2.50. The van der Waals surface area contributed by atoms with Crippen LogP contribution in [0.3, 0.4) is 0 Å². The molecular formula is C18H36N4O10. The summed E-state index contributed by atoms with van der Waals surface area (Å²) < 4.78 is 22.5. The van der Waals surface area contributed by atoms with Crippen LogP contribution in [0.4, 0.5) is 0 Å². The van der Waals surface area contributed by atoms with E-state index in [2.05, 4.69) is 0 Å². The van der Waals surface area contributed by atoms with Crippen molar-refractivity contribution in [3.05, 3.63) is 0 Å². The number of ether oxygens (including phenoxy) is 4. The summed E-state index contributed by atoms with van der Waals surface area (Å²) in [5.41, 5.74) is 23.6. The predicted octanol–water partition coefficient (Wildman–Crippen LogP) is -6.26. The zero-order valence-corrected chi connectivity index (χ0v) is 17.5. The summed E-state index contributed by atoms with van der Waals surface area (Å²) in [4.78, 5) is 0. The van der Waals surface area contributed by atoms with Gasteiger partial charge in [-0.05, 0) is 6.42 Å². The highest BCUT2D eigenvalue weighted by molar-refractivity contribution is 5.00. The average Bonchev–Trinajstić information content (AvgIpc) is 2.76. The Balaban J connectivity index is 1.69. The van der Waals surface area contributed by atoms with E-state index in [1.54, 1.807) is 0 Å². The SMILES string of the molecule is NC[C@H]1OC(O[C@H]2[C@H](O)[C@@H](O[C@H]3O[C@H](CO)[C@@H](O)[C@H](N)[C@H]3O)[C@H](N)C[C@@H]2N)C[C@@H](O)[C@@H]1O. The van der Waals surface area contributed by atoms with Crippen molar-refractivity contribution in [2.45, 2.75) is 98.5 Å². The fourth-order valence-electron chi connectivity index (χ4n) is 4.40. The number of aliphatic hydroxyl groups excluding tert-OH is 6. The van der Waals surface area contributed by atoms with Crippen molar-refractivity contribution in [3.63, 3.8) is 0 Å². The molecule has 14 nitrogen and oxygen atoms in total. The van der Waals surface area contributed by atoms with Gasteiger partial charge in [-0.15, -0.1) is 0 Å². The van der Waals surface area contributed by atoms with Crippen LogP contribution < -0.4 is 22.9 Å². The van der Waals surface area contributed by atoms with E-state index in [0.29, 0.717) is 0 Å². The van der Waals surface area contributed by atoms with Gasteiger partial charge in [0.1, 0.15) is 48.8 Å². The highest BCUT2D eigenvalue weighted by Crippen LogP contribution is 2.31. The minimum Gasteiger partial charge on any atom is -0.394 e. The van der Waals surface area contributed by atoms with Crippen molar-refractivity contribution in [3.8, 4) is 0 Å². The number of hydrogen-bond donors (Lipinski definition) is 10. The first-order chi connectivity index (χ1) is 15.1. The van der Waals surface area contributed by atoms with Crippen molar-refractivity contribution in [2.75, 3.05) is 13.2 Å². The Morgan fingerprint density at radius 2 is 1.38 bits per heavy atom.